The standard InChI is InChI=1S/C39H36ClN9O7S.C20H16ClN5O2S.C20H23N3O6.2CH4/c1-20-28(18-41-3)57-39-32(20)34(22-9-11-23(40)12-10-22)44-25(35-47-46-21(2)48(35)39)17-30(51)42-15-4-5-16-43-31(52)19-56-27-8-6-7-24-33(27)38(55)49(37(24)54)26-13-14-29(50)45-36(26)53;1-10-15(9-22-3)29-20-17(10)18(12-4-6-13(21)7-5-12)23-14(8-16(27)28)19-25-24-11(2)26(19)20;1-2-3-4-10-21-16(25)11-29-14-7-5-6-12-17(14)20(28)23(19(12)27)13-8-9-15(24)22-18(13)26;;/h6-12,25-26H,4-5,13-19H2,1-2H3,(H,42,51)(H,43,52)(H,45,50,53);4-7,14H,8-9H2,1-2H3,(H,27,28);5-7,13H,2-4,8-11H2,1H3,(H,21,25)(H,22,24,26);2*1H4/t25-,26?;14-;;;/m00.../s1. The third-order valence-electron chi connectivity index (χ3n) is 19.6. The molecule has 4 atom stereocenters. The van der Waals surface area contributed by atoms with Crippen molar-refractivity contribution < 1.29 is 72.1 Å². The zero-order chi connectivity index (χ0) is 82.1. The van der Waals surface area contributed by atoms with Gasteiger partial charge < -0.3 is 40.2 Å². The summed E-state index contributed by atoms with van der Waals surface area (Å²) in [5, 5.41) is 42.2. The molecule has 6 aliphatic rings. The van der Waals surface area contributed by atoms with E-state index in [9.17, 15) is 62.6 Å². The number of hydrogen-bond donors (Lipinski definition) is 6. The van der Waals surface area contributed by atoms with Crippen LogP contribution in [-0.4, -0.2) is 172 Å². The zero-order valence-electron chi connectivity index (χ0n) is 62.7. The van der Waals surface area contributed by atoms with E-state index >= 15 is 0 Å². The molecule has 14 rings (SSSR count). The van der Waals surface area contributed by atoms with Crippen LogP contribution in [0.5, 0.6) is 11.5 Å². The Morgan fingerprint density at radius 1 is 0.538 bits per heavy atom. The Labute approximate surface area is 690 Å². The average molecular weight is 1670 g/mol. The number of carbonyl (C=O) groups excluding carboxylic acids is 11. The lowest BCUT2D eigenvalue weighted by molar-refractivity contribution is -0.138. The van der Waals surface area contributed by atoms with Crippen molar-refractivity contribution in [3.05, 3.63) is 206 Å². The van der Waals surface area contributed by atoms with Gasteiger partial charge in [-0.3, -0.25) is 97.1 Å². The molecule has 2 unspecified atom stereocenters. The van der Waals surface area contributed by atoms with Gasteiger partial charge >= 0.3 is 5.97 Å². The molecule has 0 radical (unpaired) electrons. The van der Waals surface area contributed by atoms with E-state index in [1.807, 2.05) is 61.1 Å². The normalized spacial score (nSPS) is 16.7. The first-order valence-electron chi connectivity index (χ1n) is 36.7. The molecule has 0 aliphatic carbocycles. The van der Waals surface area contributed by atoms with Crippen molar-refractivity contribution in [2.75, 3.05) is 32.8 Å². The fourth-order valence-corrected chi connectivity index (χ4v) is 16.7. The van der Waals surface area contributed by atoms with Crippen LogP contribution in [0.25, 0.3) is 19.7 Å². The highest BCUT2D eigenvalue weighted by Gasteiger charge is 2.48. The summed E-state index contributed by atoms with van der Waals surface area (Å²) in [6.45, 7) is 25.4. The number of ether oxygens (including phenoxy) is 2. The van der Waals surface area contributed by atoms with Crippen molar-refractivity contribution in [3.63, 3.8) is 0 Å². The molecule has 0 bridgehead atoms. The molecule has 0 saturated carbocycles. The Kier molecular flexibility index (Phi) is 28.4. The predicted octanol–water partition coefficient (Wildman–Crippen LogP) is 10.2. The molecule has 6 N–H and O–H groups in total. The van der Waals surface area contributed by atoms with Crippen LogP contribution < -0.4 is 36.1 Å². The first kappa shape index (κ1) is 86.9. The quantitative estimate of drug-likeness (QED) is 0.0176. The van der Waals surface area contributed by atoms with Crippen LogP contribution >= 0.6 is 45.9 Å². The van der Waals surface area contributed by atoms with Crippen molar-refractivity contribution >= 4 is 128 Å². The van der Waals surface area contributed by atoms with Gasteiger partial charge in [0.2, 0.25) is 42.6 Å². The van der Waals surface area contributed by atoms with Gasteiger partial charge in [-0.25, -0.2) is 13.1 Å². The molecule has 117 heavy (non-hydrogen) atoms. The number of carboxylic acid groups (broad SMARTS) is 1. The van der Waals surface area contributed by atoms with Crippen LogP contribution in [0.4, 0.5) is 0 Å². The topological polar surface area (TPSA) is 405 Å². The van der Waals surface area contributed by atoms with Crippen LogP contribution in [0.1, 0.15) is 212 Å². The number of nitrogens with one attached hydrogen (secondary N) is 5. The summed E-state index contributed by atoms with van der Waals surface area (Å²) < 4.78 is 14.9. The Hall–Kier alpha value is -12.5. The van der Waals surface area contributed by atoms with Crippen molar-refractivity contribution in [1.29, 1.82) is 0 Å². The molecule has 11 amide bonds. The van der Waals surface area contributed by atoms with Crippen LogP contribution in [0.15, 0.2) is 94.9 Å². The van der Waals surface area contributed by atoms with Crippen LogP contribution in [0.2, 0.25) is 10.0 Å². The van der Waals surface area contributed by atoms with E-state index in [0.717, 1.165) is 82.2 Å². The van der Waals surface area contributed by atoms with Crippen molar-refractivity contribution in [1.82, 2.24) is 65.9 Å². The molecule has 608 valence electrons. The molecule has 0 spiro atoms. The lowest BCUT2D eigenvalue weighted by Gasteiger charge is -2.27. The monoisotopic (exact) mass is 1670 g/mol. The lowest BCUT2D eigenvalue weighted by Crippen LogP contribution is -2.54. The number of aliphatic imine (C=N–C) groups is 2. The number of rotatable bonds is 25. The highest BCUT2D eigenvalue weighted by Crippen LogP contribution is 2.44. The number of carbonyl (C=O) groups is 12. The third kappa shape index (κ3) is 18.7. The van der Waals surface area contributed by atoms with E-state index in [0.29, 0.717) is 77.2 Å². The number of hydrogen-bond acceptors (Lipinski definition) is 22. The number of nitrogens with zero attached hydrogens (tertiary/aromatic N) is 12. The molecule has 6 aliphatic heterocycles. The van der Waals surface area contributed by atoms with Crippen molar-refractivity contribution in [2.24, 2.45) is 9.98 Å². The number of amides is 11. The van der Waals surface area contributed by atoms with E-state index in [1.165, 1.54) is 53.0 Å². The van der Waals surface area contributed by atoms with Gasteiger partial charge in [-0.15, -0.1) is 43.1 Å². The molecular formula is C81H83Cl2N17O15S2. The van der Waals surface area contributed by atoms with Gasteiger partial charge in [0.25, 0.3) is 35.4 Å². The molecule has 4 aromatic heterocycles. The summed E-state index contributed by atoms with van der Waals surface area (Å²) in [7, 11) is 0. The largest absolute Gasteiger partial charge is 0.483 e. The number of thiophene rings is 2. The molecule has 4 aromatic carbocycles. The summed E-state index contributed by atoms with van der Waals surface area (Å²) in [6, 6.07) is 20.1. The first-order valence-corrected chi connectivity index (χ1v) is 39.1. The van der Waals surface area contributed by atoms with E-state index < -0.39 is 89.9 Å². The van der Waals surface area contributed by atoms with E-state index in [1.54, 1.807) is 30.3 Å². The van der Waals surface area contributed by atoms with Gasteiger partial charge in [-0.05, 0) is 119 Å². The van der Waals surface area contributed by atoms with Crippen molar-refractivity contribution in [2.45, 2.75) is 157 Å². The number of piperidine rings is 2. The Morgan fingerprint density at radius 2 is 0.932 bits per heavy atom. The summed E-state index contributed by atoms with van der Waals surface area (Å²) in [5.74, 6) is -4.52. The average Bonchev–Trinajstić information content (AvgIpc) is 1.61. The number of benzene rings is 4. The molecule has 10 heterocycles. The molecule has 2 saturated heterocycles. The predicted molar refractivity (Wildman–Crippen MR) is 433 cm³/mol. The molecule has 8 aromatic rings. The van der Waals surface area contributed by atoms with Gasteiger partial charge in [0, 0.05) is 64.8 Å². The van der Waals surface area contributed by atoms with Gasteiger partial charge in [0.05, 0.1) is 56.3 Å². The highest BCUT2D eigenvalue weighted by molar-refractivity contribution is 7.15. The van der Waals surface area contributed by atoms with Crippen LogP contribution in [-0.2, 0) is 51.4 Å². The number of aliphatic carboxylic acids is 1. The number of halogens is 2. The Bertz CT molecular complexity index is 5440. The van der Waals surface area contributed by atoms with E-state index in [-0.39, 0.29) is 119 Å². The minimum absolute atomic E-state index is 0. The van der Waals surface area contributed by atoms with Crippen molar-refractivity contribution in [3.8, 4) is 21.5 Å². The molecule has 2 fully saturated rings. The van der Waals surface area contributed by atoms with Crippen LogP contribution in [0, 0.1) is 40.8 Å². The maximum atomic E-state index is 13.3. The number of aromatic nitrogens is 6. The van der Waals surface area contributed by atoms with Gasteiger partial charge in [-0.1, -0.05) is 94.2 Å². The van der Waals surface area contributed by atoms with E-state index in [4.69, 9.17) is 55.8 Å². The smallest absolute Gasteiger partial charge is 0.306 e. The number of carboxylic acids is 1. The minimum Gasteiger partial charge on any atom is -0.483 e. The zero-order valence-corrected chi connectivity index (χ0v) is 65.9. The van der Waals surface area contributed by atoms with E-state index in [2.05, 4.69) is 63.6 Å². The summed E-state index contributed by atoms with van der Waals surface area (Å²) in [6.07, 6.45) is 3.99. The lowest BCUT2D eigenvalue weighted by atomic mass is 9.99. The number of aryl methyl sites for hydroxylation is 2. The minimum atomic E-state index is -1.12. The highest BCUT2D eigenvalue weighted by atomic mass is 35.5. The molecule has 32 nitrogen and oxygen atoms in total. The maximum Gasteiger partial charge on any atom is 0.306 e. The molecule has 36 heteroatoms. The second-order valence-electron chi connectivity index (χ2n) is 27.3. The Balaban J connectivity index is 0.000000202. The van der Waals surface area contributed by atoms with Gasteiger partial charge in [-0.2, -0.15) is 0 Å². The second kappa shape index (κ2) is 38.3. The fraction of sp³-hybridized carbons (Fsp3) is 0.358. The first-order chi connectivity index (χ1) is 55.3. The fourth-order valence-electron chi connectivity index (χ4n) is 13.9. The second-order valence-corrected chi connectivity index (χ2v) is 30.3. The number of imide groups is 4. The summed E-state index contributed by atoms with van der Waals surface area (Å²) in [4.78, 5) is 169. The van der Waals surface area contributed by atoms with Gasteiger partial charge in [0.1, 0.15) is 57.3 Å². The third-order valence-corrected chi connectivity index (χ3v) is 22.6. The van der Waals surface area contributed by atoms with Crippen LogP contribution in [0.3, 0.4) is 0 Å². The SMILES string of the molecule is C.C.CCCCCNC(=O)COc1cccc2c1C(=O)N(C1CCC(=O)NC1=O)C2=O.[C-]#[N+]Cc1sc2c(c1C)C(c1ccc(Cl)cc1)=N[C@@H](CC(=O)NCCCCNC(=O)COc1cccc3c1C(=O)N(C1CCC(=O)NC1=O)C3=O)c1nnc(C)n1-2.[C-]#[N+]Cc1sc2c(c1C)C(c1ccc(Cl)cc1)=N[C@@H](CC(=O)O)c1nnc(C)n1-2. The number of unbranched alkanes of at least 4 members (excludes halogenated alkanes) is 3. The molecular weight excluding hydrogens is 1590 g/mol. The summed E-state index contributed by atoms with van der Waals surface area (Å²) >= 11 is 15.3. The Morgan fingerprint density at radius 3 is 1.32 bits per heavy atom. The maximum absolute atomic E-state index is 13.3. The van der Waals surface area contributed by atoms with Gasteiger partial charge in [0.15, 0.2) is 24.9 Å². The summed E-state index contributed by atoms with van der Waals surface area (Å²) in [5.41, 5.74) is 6.81. The number of fused-ring (bicyclic) bond motifs is 8.